The summed E-state index contributed by atoms with van der Waals surface area (Å²) in [4.78, 5) is 27.1. The predicted molar refractivity (Wildman–Crippen MR) is 124 cm³/mol. The quantitative estimate of drug-likeness (QED) is 0.453. The van der Waals surface area contributed by atoms with Crippen LogP contribution < -0.4 is 5.32 Å². The summed E-state index contributed by atoms with van der Waals surface area (Å²) in [5.74, 6) is 0.0514. The molecule has 0 unspecified atom stereocenters. The molecular weight excluding hydrogens is 420 g/mol. The highest BCUT2D eigenvalue weighted by atomic mass is 35.5. The summed E-state index contributed by atoms with van der Waals surface area (Å²) in [7, 11) is 0. The van der Waals surface area contributed by atoms with Crippen molar-refractivity contribution in [3.8, 4) is 10.6 Å². The first kappa shape index (κ1) is 24.3. The number of rotatable bonds is 12. The molecule has 2 amide bonds. The number of amides is 2. The van der Waals surface area contributed by atoms with E-state index < -0.39 is 0 Å². The maximum atomic E-state index is 12.9. The van der Waals surface area contributed by atoms with Crippen molar-refractivity contribution in [2.75, 3.05) is 18.4 Å². The van der Waals surface area contributed by atoms with Gasteiger partial charge in [0, 0.05) is 36.0 Å². The Labute approximate surface area is 188 Å². The fraction of sp³-hybridized carbons (Fsp3) is 0.545. The molecular formula is C22H31ClN4O2S. The molecule has 0 bridgehead atoms. The number of nitrogens with zero attached hydrogens (tertiary/aromatic N) is 3. The van der Waals surface area contributed by atoms with Gasteiger partial charge in [-0.15, -0.1) is 10.2 Å². The summed E-state index contributed by atoms with van der Waals surface area (Å²) in [5.41, 5.74) is 0.898. The van der Waals surface area contributed by atoms with Gasteiger partial charge in [0.25, 0.3) is 0 Å². The predicted octanol–water partition coefficient (Wildman–Crippen LogP) is 5.64. The summed E-state index contributed by atoms with van der Waals surface area (Å²) in [6.45, 7) is 7.34. The zero-order valence-electron chi connectivity index (χ0n) is 18.0. The van der Waals surface area contributed by atoms with Gasteiger partial charge in [0.05, 0.1) is 0 Å². The van der Waals surface area contributed by atoms with Gasteiger partial charge in [-0.3, -0.25) is 9.59 Å². The summed E-state index contributed by atoms with van der Waals surface area (Å²) in [6.07, 6.45) is 5.00. The molecule has 1 N–H and O–H groups in total. The average Bonchev–Trinajstić information content (AvgIpc) is 3.20. The lowest BCUT2D eigenvalue weighted by atomic mass is 9.97. The number of hydrogen-bond acceptors (Lipinski definition) is 5. The van der Waals surface area contributed by atoms with Gasteiger partial charge in [0.15, 0.2) is 0 Å². The Kier molecular flexibility index (Phi) is 10.2. The van der Waals surface area contributed by atoms with Crippen molar-refractivity contribution >= 4 is 39.9 Å². The normalized spacial score (nSPS) is 11.9. The lowest BCUT2D eigenvalue weighted by Gasteiger charge is -2.26. The highest BCUT2D eigenvalue weighted by Gasteiger charge is 2.22. The average molecular weight is 451 g/mol. The lowest BCUT2D eigenvalue weighted by Crippen LogP contribution is -2.38. The third-order valence-corrected chi connectivity index (χ3v) is 6.06. The van der Waals surface area contributed by atoms with Gasteiger partial charge in [-0.05, 0) is 31.4 Å². The van der Waals surface area contributed by atoms with E-state index in [-0.39, 0.29) is 24.2 Å². The molecule has 0 aliphatic carbocycles. The number of anilines is 1. The molecule has 0 saturated carbocycles. The first-order valence-corrected chi connectivity index (χ1v) is 11.9. The van der Waals surface area contributed by atoms with Gasteiger partial charge < -0.3 is 10.2 Å². The van der Waals surface area contributed by atoms with Crippen LogP contribution in [0.15, 0.2) is 24.3 Å². The standard InChI is InChI=1S/C22H31ClN4O2S/c1-4-7-8-16(6-3)21(29)27(14-5-2)15-13-19(28)24-22-26-25-20(30-22)17-9-11-18(23)12-10-17/h9-12,16H,4-8,13-15H2,1-3H3,(H,24,26,28)/t16-/m0/s1. The van der Waals surface area contributed by atoms with Gasteiger partial charge in [-0.25, -0.2) is 0 Å². The van der Waals surface area contributed by atoms with Crippen LogP contribution in [0.2, 0.25) is 5.02 Å². The molecule has 1 atom stereocenters. The topological polar surface area (TPSA) is 75.2 Å². The fourth-order valence-corrected chi connectivity index (χ4v) is 4.11. The van der Waals surface area contributed by atoms with Crippen LogP contribution >= 0.6 is 22.9 Å². The molecule has 1 aromatic heterocycles. The summed E-state index contributed by atoms with van der Waals surface area (Å²) >= 11 is 7.22. The monoisotopic (exact) mass is 450 g/mol. The van der Waals surface area contributed by atoms with Crippen molar-refractivity contribution < 1.29 is 9.59 Å². The van der Waals surface area contributed by atoms with E-state index in [0.29, 0.717) is 28.3 Å². The molecule has 2 rings (SSSR count). The largest absolute Gasteiger partial charge is 0.342 e. The molecule has 0 aliphatic heterocycles. The minimum Gasteiger partial charge on any atom is -0.342 e. The van der Waals surface area contributed by atoms with Crippen molar-refractivity contribution in [3.63, 3.8) is 0 Å². The van der Waals surface area contributed by atoms with E-state index in [1.54, 1.807) is 12.1 Å². The fourth-order valence-electron chi connectivity index (χ4n) is 3.21. The van der Waals surface area contributed by atoms with Gasteiger partial charge in [0.2, 0.25) is 16.9 Å². The maximum absolute atomic E-state index is 12.9. The van der Waals surface area contributed by atoms with E-state index in [1.165, 1.54) is 11.3 Å². The van der Waals surface area contributed by atoms with Crippen LogP contribution in [0.4, 0.5) is 5.13 Å². The van der Waals surface area contributed by atoms with E-state index in [0.717, 1.165) is 37.7 Å². The molecule has 30 heavy (non-hydrogen) atoms. The van der Waals surface area contributed by atoms with Crippen LogP contribution in [0.1, 0.15) is 59.3 Å². The van der Waals surface area contributed by atoms with E-state index in [9.17, 15) is 9.59 Å². The number of halogens is 1. The first-order valence-electron chi connectivity index (χ1n) is 10.7. The number of carbonyl (C=O) groups excluding carboxylic acids is 2. The van der Waals surface area contributed by atoms with Gasteiger partial charge in [-0.1, -0.05) is 68.7 Å². The zero-order valence-corrected chi connectivity index (χ0v) is 19.6. The van der Waals surface area contributed by atoms with E-state index in [2.05, 4.69) is 29.4 Å². The summed E-state index contributed by atoms with van der Waals surface area (Å²) < 4.78 is 0. The third-order valence-electron chi connectivity index (χ3n) is 4.92. The molecule has 0 spiro atoms. The van der Waals surface area contributed by atoms with Crippen LogP contribution in [-0.2, 0) is 9.59 Å². The molecule has 0 radical (unpaired) electrons. The zero-order chi connectivity index (χ0) is 21.9. The lowest BCUT2D eigenvalue weighted by molar-refractivity contribution is -0.136. The number of carbonyl (C=O) groups is 2. The van der Waals surface area contributed by atoms with Crippen LogP contribution in [0, 0.1) is 5.92 Å². The Bertz CT molecular complexity index is 810. The molecule has 1 aromatic carbocycles. The second-order valence-corrected chi connectivity index (χ2v) is 8.70. The number of nitrogens with one attached hydrogen (secondary N) is 1. The Balaban J connectivity index is 1.91. The molecule has 0 saturated heterocycles. The third kappa shape index (κ3) is 7.36. The molecule has 8 heteroatoms. The molecule has 0 aliphatic rings. The number of unbranched alkanes of at least 4 members (excludes halogenated alkanes) is 1. The minimum atomic E-state index is -0.163. The smallest absolute Gasteiger partial charge is 0.227 e. The van der Waals surface area contributed by atoms with E-state index in [1.807, 2.05) is 24.0 Å². The molecule has 6 nitrogen and oxygen atoms in total. The number of aromatic nitrogens is 2. The Morgan fingerprint density at radius 2 is 1.83 bits per heavy atom. The highest BCUT2D eigenvalue weighted by molar-refractivity contribution is 7.18. The van der Waals surface area contributed by atoms with Crippen molar-refractivity contribution in [1.82, 2.24) is 15.1 Å². The van der Waals surface area contributed by atoms with Crippen molar-refractivity contribution in [1.29, 1.82) is 0 Å². The Morgan fingerprint density at radius 3 is 2.47 bits per heavy atom. The van der Waals surface area contributed by atoms with Crippen LogP contribution in [0.3, 0.4) is 0 Å². The maximum Gasteiger partial charge on any atom is 0.227 e. The summed E-state index contributed by atoms with van der Waals surface area (Å²) in [5, 5.41) is 12.8. The summed E-state index contributed by atoms with van der Waals surface area (Å²) in [6, 6.07) is 7.32. The Morgan fingerprint density at radius 1 is 1.10 bits per heavy atom. The second kappa shape index (κ2) is 12.6. The minimum absolute atomic E-state index is 0.0460. The second-order valence-electron chi connectivity index (χ2n) is 7.29. The van der Waals surface area contributed by atoms with Crippen LogP contribution in [-0.4, -0.2) is 40.0 Å². The molecule has 1 heterocycles. The Hall–Kier alpha value is -1.99. The van der Waals surface area contributed by atoms with Gasteiger partial charge >= 0.3 is 0 Å². The SMILES string of the molecule is CCCC[C@H](CC)C(=O)N(CCC)CCC(=O)Nc1nnc(-c2ccc(Cl)cc2)s1. The number of hydrogen-bond donors (Lipinski definition) is 1. The van der Waals surface area contributed by atoms with Gasteiger partial charge in [-0.2, -0.15) is 0 Å². The van der Waals surface area contributed by atoms with Crippen molar-refractivity contribution in [2.45, 2.75) is 59.3 Å². The van der Waals surface area contributed by atoms with E-state index in [4.69, 9.17) is 11.6 Å². The van der Waals surface area contributed by atoms with Crippen molar-refractivity contribution in [2.24, 2.45) is 5.92 Å². The van der Waals surface area contributed by atoms with E-state index >= 15 is 0 Å². The van der Waals surface area contributed by atoms with Crippen LogP contribution in [0.5, 0.6) is 0 Å². The number of benzene rings is 1. The first-order chi connectivity index (χ1) is 14.5. The van der Waals surface area contributed by atoms with Gasteiger partial charge in [0.1, 0.15) is 5.01 Å². The highest BCUT2D eigenvalue weighted by Crippen LogP contribution is 2.27. The molecule has 164 valence electrons. The molecule has 2 aromatic rings. The van der Waals surface area contributed by atoms with Crippen molar-refractivity contribution in [3.05, 3.63) is 29.3 Å². The molecule has 0 fully saturated rings. The van der Waals surface area contributed by atoms with Crippen LogP contribution in [0.25, 0.3) is 10.6 Å².